The monoisotopic (exact) mass is 305 g/mol. The van der Waals surface area contributed by atoms with Crippen molar-refractivity contribution in [2.45, 2.75) is 31.8 Å². The van der Waals surface area contributed by atoms with E-state index in [2.05, 4.69) is 36.5 Å². The molecule has 2 aromatic rings. The molecule has 0 heterocycles. The largest absolute Gasteiger partial charge is 0.307 e. The lowest BCUT2D eigenvalue weighted by Gasteiger charge is -2.20. The molecule has 0 bridgehead atoms. The Hall–Kier alpha value is -1.02. The maximum Gasteiger partial charge on any atom is 0.0595 e. The molecule has 2 aromatic carbocycles. The molecule has 1 N–H and O–H groups in total. The highest BCUT2D eigenvalue weighted by Crippen LogP contribution is 2.27. The van der Waals surface area contributed by atoms with Gasteiger partial charge in [-0.3, -0.25) is 0 Å². The van der Waals surface area contributed by atoms with E-state index >= 15 is 0 Å². The van der Waals surface area contributed by atoms with Crippen LogP contribution < -0.4 is 5.32 Å². The second kappa shape index (κ2) is 5.77. The van der Waals surface area contributed by atoms with E-state index in [-0.39, 0.29) is 6.04 Å². The molecule has 0 spiro atoms. The maximum absolute atomic E-state index is 6.09. The zero-order valence-corrected chi connectivity index (χ0v) is 12.9. The van der Waals surface area contributed by atoms with Crippen LogP contribution in [-0.4, -0.2) is 6.04 Å². The lowest BCUT2D eigenvalue weighted by atomic mass is 10.1. The second-order valence-electron chi connectivity index (χ2n) is 5.44. The Labute approximate surface area is 129 Å². The van der Waals surface area contributed by atoms with Crippen LogP contribution in [0.4, 0.5) is 0 Å². The topological polar surface area (TPSA) is 12.0 Å². The minimum atomic E-state index is 0.268. The van der Waals surface area contributed by atoms with Crippen LogP contribution in [0.5, 0.6) is 0 Å². The summed E-state index contributed by atoms with van der Waals surface area (Å²) >= 11 is 12.1. The molecule has 1 aliphatic rings. The van der Waals surface area contributed by atoms with Crippen LogP contribution in [-0.2, 0) is 12.8 Å². The van der Waals surface area contributed by atoms with Crippen molar-refractivity contribution in [2.24, 2.45) is 0 Å². The van der Waals surface area contributed by atoms with E-state index < -0.39 is 0 Å². The molecule has 0 amide bonds. The third kappa shape index (κ3) is 2.85. The molecule has 20 heavy (non-hydrogen) atoms. The number of nitrogens with one attached hydrogen (secondary N) is 1. The van der Waals surface area contributed by atoms with Gasteiger partial charge in [-0.1, -0.05) is 53.5 Å². The van der Waals surface area contributed by atoms with Gasteiger partial charge in [-0.05, 0) is 48.6 Å². The SMILES string of the molecule is CC(NC1Cc2ccccc2C1)c1ccc(Cl)c(Cl)c1. The van der Waals surface area contributed by atoms with Gasteiger partial charge in [0, 0.05) is 12.1 Å². The molecule has 0 aromatic heterocycles. The molecular formula is C17H17Cl2N. The number of hydrogen-bond acceptors (Lipinski definition) is 1. The fourth-order valence-electron chi connectivity index (χ4n) is 2.91. The molecule has 0 saturated heterocycles. The van der Waals surface area contributed by atoms with Crippen molar-refractivity contribution in [1.29, 1.82) is 0 Å². The number of fused-ring (bicyclic) bond motifs is 1. The van der Waals surface area contributed by atoms with Crippen LogP contribution in [0.3, 0.4) is 0 Å². The van der Waals surface area contributed by atoms with Gasteiger partial charge in [-0.15, -0.1) is 0 Å². The lowest BCUT2D eigenvalue weighted by molar-refractivity contribution is 0.467. The lowest BCUT2D eigenvalue weighted by Crippen LogP contribution is -2.32. The van der Waals surface area contributed by atoms with Crippen LogP contribution in [0.25, 0.3) is 0 Å². The first-order chi connectivity index (χ1) is 9.63. The van der Waals surface area contributed by atoms with Crippen LogP contribution in [0.1, 0.15) is 29.7 Å². The van der Waals surface area contributed by atoms with E-state index in [9.17, 15) is 0 Å². The van der Waals surface area contributed by atoms with Crippen LogP contribution >= 0.6 is 23.2 Å². The molecule has 3 rings (SSSR count). The third-order valence-electron chi connectivity index (χ3n) is 3.98. The number of hydrogen-bond donors (Lipinski definition) is 1. The highest BCUT2D eigenvalue weighted by molar-refractivity contribution is 6.42. The highest BCUT2D eigenvalue weighted by atomic mass is 35.5. The summed E-state index contributed by atoms with van der Waals surface area (Å²) in [5.74, 6) is 0. The van der Waals surface area contributed by atoms with E-state index in [0.29, 0.717) is 16.1 Å². The number of benzene rings is 2. The van der Waals surface area contributed by atoms with E-state index in [1.54, 1.807) is 0 Å². The quantitative estimate of drug-likeness (QED) is 0.858. The van der Waals surface area contributed by atoms with Gasteiger partial charge in [0.15, 0.2) is 0 Å². The maximum atomic E-state index is 6.09. The minimum Gasteiger partial charge on any atom is -0.307 e. The Morgan fingerprint density at radius 1 is 1.00 bits per heavy atom. The van der Waals surface area contributed by atoms with Gasteiger partial charge in [-0.2, -0.15) is 0 Å². The summed E-state index contributed by atoms with van der Waals surface area (Å²) in [6.45, 7) is 2.17. The van der Waals surface area contributed by atoms with Crippen molar-refractivity contribution in [3.63, 3.8) is 0 Å². The molecule has 1 aliphatic carbocycles. The van der Waals surface area contributed by atoms with Crippen LogP contribution in [0, 0.1) is 0 Å². The molecule has 3 heteroatoms. The van der Waals surface area contributed by atoms with Crippen molar-refractivity contribution in [3.05, 3.63) is 69.2 Å². The minimum absolute atomic E-state index is 0.268. The van der Waals surface area contributed by atoms with Gasteiger partial charge >= 0.3 is 0 Å². The Kier molecular flexibility index (Phi) is 4.02. The predicted octanol–water partition coefficient (Wildman–Crippen LogP) is 4.81. The Balaban J connectivity index is 1.68. The summed E-state index contributed by atoms with van der Waals surface area (Å²) < 4.78 is 0. The Bertz CT molecular complexity index is 599. The van der Waals surface area contributed by atoms with Gasteiger partial charge < -0.3 is 5.32 Å². The van der Waals surface area contributed by atoms with Crippen molar-refractivity contribution >= 4 is 23.2 Å². The molecule has 0 saturated carbocycles. The van der Waals surface area contributed by atoms with Gasteiger partial charge in [-0.25, -0.2) is 0 Å². The van der Waals surface area contributed by atoms with Crippen molar-refractivity contribution in [1.82, 2.24) is 5.32 Å². The molecular weight excluding hydrogens is 289 g/mol. The third-order valence-corrected chi connectivity index (χ3v) is 4.72. The van der Waals surface area contributed by atoms with Crippen molar-refractivity contribution < 1.29 is 0 Å². The molecule has 0 radical (unpaired) electrons. The summed E-state index contributed by atoms with van der Waals surface area (Å²) in [6, 6.07) is 15.3. The fourth-order valence-corrected chi connectivity index (χ4v) is 3.21. The molecule has 104 valence electrons. The van der Waals surface area contributed by atoms with E-state index in [4.69, 9.17) is 23.2 Å². The number of rotatable bonds is 3. The predicted molar refractivity (Wildman–Crippen MR) is 85.7 cm³/mol. The normalized spacial score (nSPS) is 16.1. The fraction of sp³-hybridized carbons (Fsp3) is 0.294. The van der Waals surface area contributed by atoms with Gasteiger partial charge in [0.25, 0.3) is 0 Å². The van der Waals surface area contributed by atoms with Crippen molar-refractivity contribution in [2.75, 3.05) is 0 Å². The highest BCUT2D eigenvalue weighted by Gasteiger charge is 2.22. The van der Waals surface area contributed by atoms with Gasteiger partial charge in [0.2, 0.25) is 0 Å². The zero-order chi connectivity index (χ0) is 14.1. The van der Waals surface area contributed by atoms with E-state index in [1.165, 1.54) is 16.7 Å². The second-order valence-corrected chi connectivity index (χ2v) is 6.25. The Morgan fingerprint density at radius 3 is 2.25 bits per heavy atom. The van der Waals surface area contributed by atoms with Crippen LogP contribution in [0.15, 0.2) is 42.5 Å². The molecule has 1 nitrogen and oxygen atoms in total. The van der Waals surface area contributed by atoms with E-state index in [1.807, 2.05) is 18.2 Å². The summed E-state index contributed by atoms with van der Waals surface area (Å²) in [4.78, 5) is 0. The Morgan fingerprint density at radius 2 is 1.65 bits per heavy atom. The average molecular weight is 306 g/mol. The van der Waals surface area contributed by atoms with Gasteiger partial charge in [0.05, 0.1) is 10.0 Å². The van der Waals surface area contributed by atoms with Crippen molar-refractivity contribution in [3.8, 4) is 0 Å². The first-order valence-corrected chi connectivity index (χ1v) is 7.67. The molecule has 1 unspecified atom stereocenters. The summed E-state index contributed by atoms with van der Waals surface area (Å²) in [6.07, 6.45) is 2.20. The first-order valence-electron chi connectivity index (χ1n) is 6.91. The molecule has 0 fully saturated rings. The van der Waals surface area contributed by atoms with E-state index in [0.717, 1.165) is 12.8 Å². The average Bonchev–Trinajstić information content (AvgIpc) is 2.83. The van der Waals surface area contributed by atoms with Crippen LogP contribution in [0.2, 0.25) is 10.0 Å². The summed E-state index contributed by atoms with van der Waals surface area (Å²) in [5.41, 5.74) is 4.10. The summed E-state index contributed by atoms with van der Waals surface area (Å²) in [5, 5.41) is 4.91. The standard InChI is InChI=1S/C17H17Cl2N/c1-11(12-6-7-16(18)17(19)10-12)20-15-8-13-4-2-3-5-14(13)9-15/h2-7,10-11,15,20H,8-9H2,1H3. The zero-order valence-electron chi connectivity index (χ0n) is 11.4. The molecule has 0 aliphatic heterocycles. The number of halogens is 2. The smallest absolute Gasteiger partial charge is 0.0595 e. The molecule has 1 atom stereocenters. The summed E-state index contributed by atoms with van der Waals surface area (Å²) in [7, 11) is 0. The first kappa shape index (κ1) is 13.9. The van der Waals surface area contributed by atoms with Gasteiger partial charge in [0.1, 0.15) is 0 Å².